The molecule has 248 valence electrons. The zero-order valence-corrected chi connectivity index (χ0v) is 27.3. The Labute approximate surface area is 272 Å². The van der Waals surface area contributed by atoms with Crippen molar-refractivity contribution in [1.29, 1.82) is 0 Å². The maximum atomic E-state index is 13.8. The lowest BCUT2D eigenvalue weighted by molar-refractivity contribution is -0.163. The zero-order valence-electron chi connectivity index (χ0n) is 27.3. The predicted octanol–water partition coefficient (Wildman–Crippen LogP) is 3.52. The van der Waals surface area contributed by atoms with Crippen LogP contribution >= 0.6 is 0 Å². The number of carbonyl (C=O) groups is 4. The molecule has 2 saturated heterocycles. The van der Waals surface area contributed by atoms with E-state index in [0.717, 1.165) is 43.2 Å². The van der Waals surface area contributed by atoms with Crippen LogP contribution in [0.3, 0.4) is 0 Å². The van der Waals surface area contributed by atoms with Crippen molar-refractivity contribution in [1.82, 2.24) is 25.8 Å². The van der Waals surface area contributed by atoms with Crippen LogP contribution in [0.4, 0.5) is 0 Å². The molecule has 1 spiro atoms. The standard InChI is InChI=1S/C36H49N5O5/c1-3-4-20-41-33(44)30(23-35(46)16-6-5-7-17-35)39-34(45)36(41)18-21-40(22-19-36)25-27-10-14-29(15-11-27)32(43)38-24-26-8-12-28(13-9-26)31(42)37-2/h8-15,30,46H,3-7,16-25H2,1-2H3,(H,37,42)(H,38,43)(H,39,45)/t30-/m1/s1. The normalized spacial score (nSPS) is 21.1. The average Bonchev–Trinajstić information content (AvgIpc) is 3.07. The molecule has 1 aliphatic carbocycles. The number of nitrogens with zero attached hydrogens (tertiary/aromatic N) is 2. The zero-order chi connectivity index (χ0) is 32.7. The van der Waals surface area contributed by atoms with E-state index in [0.29, 0.717) is 76.0 Å². The maximum Gasteiger partial charge on any atom is 0.251 e. The molecule has 10 nitrogen and oxygen atoms in total. The molecule has 1 saturated carbocycles. The number of unbranched alkanes of at least 4 members (excludes halogenated alkanes) is 1. The van der Waals surface area contributed by atoms with Crippen LogP contribution in [0.5, 0.6) is 0 Å². The molecule has 5 rings (SSSR count). The van der Waals surface area contributed by atoms with Gasteiger partial charge in [0.05, 0.1) is 5.60 Å². The topological polar surface area (TPSA) is 131 Å². The SMILES string of the molecule is CCCCN1C(=O)[C@@H](CC2(O)CCCCC2)NC(=O)C12CCN(Cc1ccc(C(=O)NCc3ccc(C(=O)NC)cc3)cc1)CC2. The summed E-state index contributed by atoms with van der Waals surface area (Å²) in [5.74, 6) is -0.445. The summed E-state index contributed by atoms with van der Waals surface area (Å²) in [5.41, 5.74) is 1.39. The molecular weight excluding hydrogens is 582 g/mol. The highest BCUT2D eigenvalue weighted by Crippen LogP contribution is 2.37. The Morgan fingerprint density at radius 3 is 2.11 bits per heavy atom. The highest BCUT2D eigenvalue weighted by Gasteiger charge is 2.54. The second-order valence-electron chi connectivity index (χ2n) is 13.3. The van der Waals surface area contributed by atoms with Crippen LogP contribution in [0.25, 0.3) is 0 Å². The summed E-state index contributed by atoms with van der Waals surface area (Å²) in [4.78, 5) is 56.2. The van der Waals surface area contributed by atoms with Crippen LogP contribution in [-0.2, 0) is 22.7 Å². The van der Waals surface area contributed by atoms with E-state index in [2.05, 4.69) is 27.8 Å². The van der Waals surface area contributed by atoms with Gasteiger partial charge in [-0.1, -0.05) is 56.9 Å². The van der Waals surface area contributed by atoms with E-state index in [1.807, 2.05) is 41.3 Å². The number of hydrogen-bond acceptors (Lipinski definition) is 6. The number of hydrogen-bond donors (Lipinski definition) is 4. The van der Waals surface area contributed by atoms with Crippen molar-refractivity contribution in [2.24, 2.45) is 0 Å². The van der Waals surface area contributed by atoms with E-state index in [1.165, 1.54) is 0 Å². The van der Waals surface area contributed by atoms with Crippen LogP contribution in [0.1, 0.15) is 103 Å². The van der Waals surface area contributed by atoms with Crippen LogP contribution < -0.4 is 16.0 Å². The number of piperazine rings is 1. The molecule has 3 fully saturated rings. The fourth-order valence-corrected chi connectivity index (χ4v) is 7.25. The lowest BCUT2D eigenvalue weighted by Gasteiger charge is -2.52. The first-order valence-electron chi connectivity index (χ1n) is 16.9. The summed E-state index contributed by atoms with van der Waals surface area (Å²) in [5, 5.41) is 19.7. The molecule has 4 N–H and O–H groups in total. The first-order chi connectivity index (χ1) is 22.2. The largest absolute Gasteiger partial charge is 0.390 e. The first kappa shape index (κ1) is 33.6. The van der Waals surface area contributed by atoms with E-state index in [4.69, 9.17) is 0 Å². The number of amides is 4. The van der Waals surface area contributed by atoms with Crippen LogP contribution in [0.2, 0.25) is 0 Å². The summed E-state index contributed by atoms with van der Waals surface area (Å²) in [6, 6.07) is 14.0. The van der Waals surface area contributed by atoms with Gasteiger partial charge in [0.2, 0.25) is 11.8 Å². The molecule has 0 radical (unpaired) electrons. The Bertz CT molecular complexity index is 1380. The molecule has 0 aromatic heterocycles. The van der Waals surface area contributed by atoms with Gasteiger partial charge in [0, 0.05) is 57.3 Å². The molecule has 2 aliphatic heterocycles. The van der Waals surface area contributed by atoms with Crippen molar-refractivity contribution in [2.75, 3.05) is 26.7 Å². The lowest BCUT2D eigenvalue weighted by atomic mass is 9.77. The highest BCUT2D eigenvalue weighted by atomic mass is 16.3. The minimum absolute atomic E-state index is 0.0460. The summed E-state index contributed by atoms with van der Waals surface area (Å²) in [6.07, 6.45) is 7.58. The van der Waals surface area contributed by atoms with E-state index < -0.39 is 17.2 Å². The molecule has 2 heterocycles. The fourth-order valence-electron chi connectivity index (χ4n) is 7.25. The Balaban J connectivity index is 1.15. The van der Waals surface area contributed by atoms with E-state index in [-0.39, 0.29) is 23.6 Å². The van der Waals surface area contributed by atoms with Gasteiger partial charge < -0.3 is 26.0 Å². The van der Waals surface area contributed by atoms with Gasteiger partial charge in [-0.15, -0.1) is 0 Å². The molecule has 3 aliphatic rings. The smallest absolute Gasteiger partial charge is 0.251 e. The number of nitrogens with one attached hydrogen (secondary N) is 3. The Morgan fingerprint density at radius 1 is 0.891 bits per heavy atom. The minimum atomic E-state index is -0.881. The highest BCUT2D eigenvalue weighted by molar-refractivity contribution is 6.00. The summed E-state index contributed by atoms with van der Waals surface area (Å²) in [6.45, 7) is 5.06. The van der Waals surface area contributed by atoms with Crippen molar-refractivity contribution < 1.29 is 24.3 Å². The monoisotopic (exact) mass is 631 g/mol. The molecular formula is C36H49N5O5. The second-order valence-corrected chi connectivity index (χ2v) is 13.3. The quantitative estimate of drug-likeness (QED) is 0.300. The number of benzene rings is 2. The van der Waals surface area contributed by atoms with E-state index in [1.54, 1.807) is 19.2 Å². The second kappa shape index (κ2) is 14.8. The third-order valence-corrected chi connectivity index (χ3v) is 10.1. The Hall–Kier alpha value is -3.76. The molecule has 2 aromatic rings. The van der Waals surface area contributed by atoms with Crippen molar-refractivity contribution in [3.63, 3.8) is 0 Å². The lowest BCUT2D eigenvalue weighted by Crippen LogP contribution is -2.73. The van der Waals surface area contributed by atoms with Crippen molar-refractivity contribution in [2.45, 2.75) is 101 Å². The van der Waals surface area contributed by atoms with Gasteiger partial charge in [-0.3, -0.25) is 24.1 Å². The van der Waals surface area contributed by atoms with Gasteiger partial charge in [0.1, 0.15) is 11.6 Å². The summed E-state index contributed by atoms with van der Waals surface area (Å²) in [7, 11) is 1.59. The van der Waals surface area contributed by atoms with Crippen molar-refractivity contribution in [3.05, 3.63) is 70.8 Å². The molecule has 2 aromatic carbocycles. The van der Waals surface area contributed by atoms with E-state index in [9.17, 15) is 24.3 Å². The van der Waals surface area contributed by atoms with Crippen molar-refractivity contribution >= 4 is 23.6 Å². The van der Waals surface area contributed by atoms with Gasteiger partial charge in [-0.25, -0.2) is 0 Å². The molecule has 46 heavy (non-hydrogen) atoms. The molecule has 10 heteroatoms. The average molecular weight is 632 g/mol. The first-order valence-corrected chi connectivity index (χ1v) is 16.9. The van der Waals surface area contributed by atoms with Crippen molar-refractivity contribution in [3.8, 4) is 0 Å². The number of aliphatic hydroxyl groups is 1. The molecule has 0 unspecified atom stereocenters. The van der Waals surface area contributed by atoms with Crippen LogP contribution in [-0.4, -0.2) is 82.4 Å². The third kappa shape index (κ3) is 7.61. The van der Waals surface area contributed by atoms with Gasteiger partial charge in [-0.05, 0) is 67.5 Å². The van der Waals surface area contributed by atoms with Gasteiger partial charge in [-0.2, -0.15) is 0 Å². The van der Waals surface area contributed by atoms with Gasteiger partial charge >= 0.3 is 0 Å². The summed E-state index contributed by atoms with van der Waals surface area (Å²) < 4.78 is 0. The number of likely N-dealkylation sites (tertiary alicyclic amines) is 1. The Kier molecular flexibility index (Phi) is 10.8. The van der Waals surface area contributed by atoms with Gasteiger partial charge in [0.15, 0.2) is 0 Å². The minimum Gasteiger partial charge on any atom is -0.390 e. The van der Waals surface area contributed by atoms with Crippen LogP contribution in [0, 0.1) is 0 Å². The molecule has 4 amide bonds. The number of carbonyl (C=O) groups excluding carboxylic acids is 4. The fraction of sp³-hybridized carbons (Fsp3) is 0.556. The maximum absolute atomic E-state index is 13.8. The summed E-state index contributed by atoms with van der Waals surface area (Å²) >= 11 is 0. The number of piperidine rings is 1. The predicted molar refractivity (Wildman–Crippen MR) is 176 cm³/mol. The molecule has 0 bridgehead atoms. The van der Waals surface area contributed by atoms with Gasteiger partial charge in [0.25, 0.3) is 11.8 Å². The van der Waals surface area contributed by atoms with Crippen LogP contribution in [0.15, 0.2) is 48.5 Å². The Morgan fingerprint density at radius 2 is 1.50 bits per heavy atom. The molecule has 1 atom stereocenters. The van der Waals surface area contributed by atoms with E-state index >= 15 is 0 Å². The number of rotatable bonds is 11. The third-order valence-electron chi connectivity index (χ3n) is 10.1.